The number of hydrogen-bond acceptors (Lipinski definition) is 20. The summed E-state index contributed by atoms with van der Waals surface area (Å²) in [5.41, 5.74) is 5.46. The monoisotopic (exact) mass is 1470 g/mol. The number of fused-ring (bicyclic) bond motifs is 4. The quantitative estimate of drug-likeness (QED) is 0.0443. The number of nitrogens with zero attached hydrogens (tertiary/aromatic N) is 9. The van der Waals surface area contributed by atoms with Crippen molar-refractivity contribution in [3.63, 3.8) is 0 Å². The van der Waals surface area contributed by atoms with Crippen LogP contribution in [0.5, 0.6) is 23.0 Å². The van der Waals surface area contributed by atoms with Crippen molar-refractivity contribution in [2.24, 2.45) is 32.5 Å². The molecule has 0 amide bonds. The number of benzene rings is 2. The number of aromatic nitrogens is 8. The Labute approximate surface area is 604 Å². The van der Waals surface area contributed by atoms with E-state index in [0.717, 1.165) is 91.7 Å². The fourth-order valence-corrected chi connectivity index (χ4v) is 11.8. The summed E-state index contributed by atoms with van der Waals surface area (Å²) in [4.78, 5) is 87.4. The number of aldehydes is 2. The van der Waals surface area contributed by atoms with Gasteiger partial charge in [0.25, 0.3) is 22.2 Å². The van der Waals surface area contributed by atoms with E-state index in [1.165, 1.54) is 64.9 Å². The Balaban J connectivity index is 0.000000145. The number of aryl methyl sites for hydroxylation is 4. The third kappa shape index (κ3) is 18.2. The van der Waals surface area contributed by atoms with Crippen molar-refractivity contribution >= 4 is 123 Å². The molecule has 4 aliphatic carbocycles. The van der Waals surface area contributed by atoms with Gasteiger partial charge in [0.2, 0.25) is 0 Å². The van der Waals surface area contributed by atoms with Crippen molar-refractivity contribution in [3.05, 3.63) is 189 Å². The fourth-order valence-electron chi connectivity index (χ4n) is 11.0. The molecule has 101 heavy (non-hydrogen) atoms. The first-order valence-electron chi connectivity index (χ1n) is 32.5. The average Bonchev–Trinajstić information content (AvgIpc) is 1.04. The van der Waals surface area contributed by atoms with E-state index in [2.05, 4.69) is 66.7 Å². The Kier molecular flexibility index (Phi) is 25.0. The molecule has 8 aromatic heterocycles. The molecular formula is C72H79B3BrClN9O14S. The molecule has 1 saturated heterocycles. The van der Waals surface area contributed by atoms with Gasteiger partial charge in [-0.05, 0) is 176 Å². The van der Waals surface area contributed by atoms with Gasteiger partial charge >= 0.3 is 39.0 Å². The molecule has 2 aromatic carbocycles. The molecule has 0 unspecified atom stereocenters. The van der Waals surface area contributed by atoms with Crippen LogP contribution in [0.25, 0.3) is 54.2 Å². The zero-order valence-electron chi connectivity index (χ0n) is 58.3. The zero-order chi connectivity index (χ0) is 73.4. The van der Waals surface area contributed by atoms with Crippen LogP contribution in [-0.2, 0) is 37.5 Å². The van der Waals surface area contributed by atoms with E-state index < -0.39 is 25.4 Å². The number of carbonyl (C=O) groups excluding carboxylic acids is 2. The van der Waals surface area contributed by atoms with E-state index in [-0.39, 0.29) is 28.1 Å². The number of thiol groups is 1. The van der Waals surface area contributed by atoms with E-state index in [1.807, 2.05) is 52.0 Å². The normalized spacial score (nSPS) is 15.2. The van der Waals surface area contributed by atoms with Crippen molar-refractivity contribution in [1.29, 1.82) is 0 Å². The van der Waals surface area contributed by atoms with Crippen LogP contribution in [0.15, 0.2) is 138 Å². The van der Waals surface area contributed by atoms with Gasteiger partial charge in [0.15, 0.2) is 12.6 Å². The van der Waals surface area contributed by atoms with Gasteiger partial charge in [0, 0.05) is 128 Å². The van der Waals surface area contributed by atoms with Gasteiger partial charge in [-0.3, -0.25) is 43.7 Å². The van der Waals surface area contributed by atoms with Crippen LogP contribution >= 0.6 is 40.3 Å². The maximum atomic E-state index is 12.6. The molecule has 0 bridgehead atoms. The van der Waals surface area contributed by atoms with Gasteiger partial charge in [0.05, 0.1) is 72.3 Å². The van der Waals surface area contributed by atoms with Gasteiger partial charge in [-0.2, -0.15) is 0 Å². The van der Waals surface area contributed by atoms with Crippen LogP contribution in [-0.4, -0.2) is 122 Å². The summed E-state index contributed by atoms with van der Waals surface area (Å²) in [6.07, 6.45) is 24.3. The molecule has 2 N–H and O–H groups in total. The first kappa shape index (κ1) is 76.6. The van der Waals surface area contributed by atoms with E-state index in [0.29, 0.717) is 84.9 Å². The van der Waals surface area contributed by atoms with Gasteiger partial charge in [-0.15, -0.1) is 0 Å². The molecule has 4 saturated carbocycles. The van der Waals surface area contributed by atoms with Crippen LogP contribution in [0.1, 0.15) is 135 Å². The SMILES string of the molecule is COc1cc(-c2cn(C)c(=O)c3cnc(C4CC4)cc23)cc(OC)c1C=O.COc1cc(B2OC(C)(C)C(C)(C)O2)cc(OC)c1C=O.Cn1cc(Br)c2cc(C3CC3)ncc2c1=O.Cn1ccc2cc(C3CC3)ncc2c1=O.Cn1ccc2cc(Cl)ncc2c1=O.OB(O)C1CC1.[B]=NS. The van der Waals surface area contributed by atoms with E-state index in [1.54, 1.807) is 116 Å². The molecule has 5 aliphatic rings. The van der Waals surface area contributed by atoms with Crippen LogP contribution in [0.4, 0.5) is 0 Å². The third-order valence-electron chi connectivity index (χ3n) is 18.3. The summed E-state index contributed by atoms with van der Waals surface area (Å²) in [7, 11) is 15.7. The second-order valence-corrected chi connectivity index (χ2v) is 27.5. The Bertz CT molecular complexity index is 4940. The number of ether oxygens (including phenoxy) is 4. The Morgan fingerprint density at radius 2 is 0.950 bits per heavy atom. The Morgan fingerprint density at radius 1 is 0.574 bits per heavy atom. The topological polar surface area (TPSA) is 282 Å². The molecule has 5 fully saturated rings. The molecule has 0 atom stereocenters. The standard InChI is InChI=1S/C21H20N2O4.C15H21BO5.C12H11BrN2O.C12H12N2O.C9H7ClN2O.C3H7BO2.BHNS/c1-23-10-16(13-6-19(26-2)17(11-24)20(7-13)27-3)14-8-18(12-4-5-12)22-9-15(14)21(23)25;1-14(2)15(3,4)21-16(20-14)10-7-12(18-5)11(9-17)13(8-10)19-6;1-15-6-10(13)8-4-11(7-2-3-7)14-5-9(8)12(15)16;1-14-5-4-9-6-11(8-2-3-8)13-7-10(9)12(14)15;1-12-3-2-6-4-8(10)11-5-7(6)9(12)13;5-4(6)3-1-2-3;1-2-3/h6-12H,4-5H2,1-3H3;7-9H,1-6H3;4-7H,2-3H2,1H3;4-8H,2-3H2,1H3;2-5H,1H3;3,5-6H,1-2H2;3H. The van der Waals surface area contributed by atoms with Crippen molar-refractivity contribution < 1.29 is 47.9 Å². The number of hydrogen-bond donors (Lipinski definition) is 3. The number of methoxy groups -OCH3 is 4. The van der Waals surface area contributed by atoms with Crippen molar-refractivity contribution in [3.8, 4) is 34.1 Å². The van der Waals surface area contributed by atoms with Crippen LogP contribution in [0.3, 0.4) is 0 Å². The number of carbonyl (C=O) groups is 2. The molecule has 1 aliphatic heterocycles. The summed E-state index contributed by atoms with van der Waals surface area (Å²) in [5.74, 6) is 3.68. The summed E-state index contributed by atoms with van der Waals surface area (Å²) in [6, 6.07) is 18.7. The molecule has 15 rings (SSSR count). The van der Waals surface area contributed by atoms with Gasteiger partial charge in [0.1, 0.15) is 28.2 Å². The summed E-state index contributed by atoms with van der Waals surface area (Å²) in [6.45, 7) is 7.95. The summed E-state index contributed by atoms with van der Waals surface area (Å²) in [5, 5.41) is 23.1. The minimum atomic E-state index is -1.04. The molecule has 525 valence electrons. The minimum absolute atomic E-state index is 0.00745. The van der Waals surface area contributed by atoms with Crippen LogP contribution in [0, 0.1) is 0 Å². The molecule has 9 heterocycles. The molecule has 23 nitrogen and oxygen atoms in total. The second kappa shape index (κ2) is 33.0. The average molecular weight is 1470 g/mol. The van der Waals surface area contributed by atoms with Gasteiger partial charge < -0.3 is 56.6 Å². The fraction of sp³-hybridized carbons (Fsp3) is 0.361. The molecule has 10 aromatic rings. The summed E-state index contributed by atoms with van der Waals surface area (Å²) >= 11 is 12.4. The van der Waals surface area contributed by atoms with Crippen LogP contribution < -0.4 is 46.6 Å². The number of halogens is 2. The third-order valence-corrected chi connectivity index (χ3v) is 19.1. The first-order chi connectivity index (χ1) is 48.1. The van der Waals surface area contributed by atoms with Crippen molar-refractivity contribution in [2.75, 3.05) is 28.4 Å². The molecular weight excluding hydrogens is 1390 g/mol. The number of rotatable bonds is 12. The maximum absolute atomic E-state index is 12.6. The van der Waals surface area contributed by atoms with Gasteiger partial charge in [-0.1, -0.05) is 24.4 Å². The summed E-state index contributed by atoms with van der Waals surface area (Å²) < 4.78 is 43.2. The van der Waals surface area contributed by atoms with Crippen molar-refractivity contribution in [1.82, 2.24) is 38.2 Å². The Hall–Kier alpha value is -8.63. The molecule has 29 heteroatoms. The van der Waals surface area contributed by atoms with E-state index in [9.17, 15) is 28.8 Å². The van der Waals surface area contributed by atoms with E-state index in [4.69, 9.17) is 49.9 Å². The predicted molar refractivity (Wildman–Crippen MR) is 401 cm³/mol. The zero-order valence-corrected chi connectivity index (χ0v) is 61.5. The van der Waals surface area contributed by atoms with Gasteiger partial charge in [-0.25, -0.2) is 4.98 Å². The molecule has 0 spiro atoms. The van der Waals surface area contributed by atoms with E-state index >= 15 is 0 Å². The first-order valence-corrected chi connectivity index (χ1v) is 34.1. The molecule has 1 radical (unpaired) electrons. The predicted octanol–water partition coefficient (Wildman–Crippen LogP) is 10.9. The van der Waals surface area contributed by atoms with Crippen LogP contribution in [0.2, 0.25) is 11.0 Å². The van der Waals surface area contributed by atoms with Crippen molar-refractivity contribution in [2.45, 2.75) is 114 Å². The number of pyridine rings is 8. The second-order valence-electron chi connectivity index (χ2n) is 26.1. The Morgan fingerprint density at radius 3 is 1.36 bits per heavy atom.